The van der Waals surface area contributed by atoms with Crippen LogP contribution >= 0.6 is 0 Å². The summed E-state index contributed by atoms with van der Waals surface area (Å²) in [6, 6.07) is 16.9. The van der Waals surface area contributed by atoms with Crippen molar-refractivity contribution in [1.29, 1.82) is 0 Å². The van der Waals surface area contributed by atoms with Crippen LogP contribution < -0.4 is 0 Å². The SMILES string of the molecule is CN1CCC(C2(O)c3cc(F)ccc3CCc3cccnc32)CC1.O=C1c2cc(F)ccc2CCc2cccnc21. The van der Waals surface area contributed by atoms with Crippen LogP contribution in [-0.4, -0.2) is 45.9 Å². The van der Waals surface area contributed by atoms with Crippen molar-refractivity contribution in [3.05, 3.63) is 129 Å². The van der Waals surface area contributed by atoms with Crippen LogP contribution in [0.3, 0.4) is 0 Å². The number of aliphatic hydroxyl groups is 1. The minimum absolute atomic E-state index is 0.0565. The van der Waals surface area contributed by atoms with Crippen LogP contribution in [0.4, 0.5) is 8.78 Å². The lowest BCUT2D eigenvalue weighted by atomic mass is 9.72. The molecule has 210 valence electrons. The maximum atomic E-state index is 14.0. The summed E-state index contributed by atoms with van der Waals surface area (Å²) < 4.78 is 27.2. The quantitative estimate of drug-likeness (QED) is 0.340. The Morgan fingerprint density at radius 2 is 1.41 bits per heavy atom. The van der Waals surface area contributed by atoms with Crippen LogP contribution in [-0.2, 0) is 31.3 Å². The molecule has 1 atom stereocenters. The third kappa shape index (κ3) is 5.20. The highest BCUT2D eigenvalue weighted by atomic mass is 19.1. The molecule has 2 aromatic carbocycles. The maximum absolute atomic E-state index is 14.0. The van der Waals surface area contributed by atoms with Crippen molar-refractivity contribution in [2.75, 3.05) is 20.1 Å². The summed E-state index contributed by atoms with van der Waals surface area (Å²) >= 11 is 0. The number of fused-ring (bicyclic) bond motifs is 4. The molecule has 41 heavy (non-hydrogen) atoms. The van der Waals surface area contributed by atoms with Gasteiger partial charge < -0.3 is 10.0 Å². The Labute approximate surface area is 238 Å². The number of nitrogens with zero attached hydrogens (tertiary/aromatic N) is 3. The summed E-state index contributed by atoms with van der Waals surface area (Å²) in [6.07, 6.45) is 8.27. The summed E-state index contributed by atoms with van der Waals surface area (Å²) in [5, 5.41) is 11.9. The standard InChI is InChI=1S/C20H23FN2O.C14H10FNO/c1-23-11-8-16(9-12-23)20(24)18-13-17(21)7-6-14(18)4-5-15-3-2-10-22-19(15)20;15-11-6-5-9-3-4-10-2-1-7-16-13(10)14(17)12(9)8-11/h2-3,6-7,10,13,16,24H,4-5,8-9,11-12H2,1H3;1-2,5-8H,3-4H2. The molecular formula is C34H33F2N3O2. The minimum Gasteiger partial charge on any atom is -0.378 e. The summed E-state index contributed by atoms with van der Waals surface area (Å²) in [7, 11) is 2.10. The van der Waals surface area contributed by atoms with Crippen molar-refractivity contribution in [3.8, 4) is 0 Å². The molecule has 1 saturated heterocycles. The zero-order valence-corrected chi connectivity index (χ0v) is 23.1. The van der Waals surface area contributed by atoms with Crippen LogP contribution in [0.25, 0.3) is 0 Å². The van der Waals surface area contributed by atoms with E-state index in [-0.39, 0.29) is 23.3 Å². The van der Waals surface area contributed by atoms with E-state index in [0.29, 0.717) is 11.3 Å². The number of carbonyl (C=O) groups is 1. The van der Waals surface area contributed by atoms with Gasteiger partial charge in [-0.15, -0.1) is 0 Å². The van der Waals surface area contributed by atoms with Crippen LogP contribution in [0.15, 0.2) is 73.1 Å². The smallest absolute Gasteiger partial charge is 0.211 e. The normalized spacial score (nSPS) is 20.3. The molecule has 7 rings (SSSR count). The van der Waals surface area contributed by atoms with Gasteiger partial charge in [0.25, 0.3) is 0 Å². The number of ketones is 1. The molecule has 1 fully saturated rings. The Balaban J connectivity index is 0.000000156. The molecule has 5 nitrogen and oxygen atoms in total. The second-order valence-corrected chi connectivity index (χ2v) is 11.3. The van der Waals surface area contributed by atoms with Gasteiger partial charge in [0.15, 0.2) is 0 Å². The summed E-state index contributed by atoms with van der Waals surface area (Å²) in [4.78, 5) is 23.2. The average molecular weight is 554 g/mol. The van der Waals surface area contributed by atoms with E-state index >= 15 is 0 Å². The van der Waals surface area contributed by atoms with Crippen LogP contribution in [0, 0.1) is 17.6 Å². The number of halogens is 2. The maximum Gasteiger partial charge on any atom is 0.211 e. The fourth-order valence-electron chi connectivity index (χ4n) is 6.56. The van der Waals surface area contributed by atoms with Crippen molar-refractivity contribution < 1.29 is 18.7 Å². The number of aromatic nitrogens is 2. The molecule has 0 saturated carbocycles. The van der Waals surface area contributed by atoms with E-state index in [1.807, 2.05) is 30.3 Å². The molecule has 0 amide bonds. The fraction of sp³-hybridized carbons (Fsp3) is 0.324. The number of hydrogen-bond acceptors (Lipinski definition) is 5. The van der Waals surface area contributed by atoms with Crippen LogP contribution in [0.5, 0.6) is 0 Å². The molecule has 2 aliphatic carbocycles. The van der Waals surface area contributed by atoms with E-state index in [9.17, 15) is 18.7 Å². The van der Waals surface area contributed by atoms with Gasteiger partial charge in [-0.25, -0.2) is 8.78 Å². The number of pyridine rings is 2. The number of carbonyl (C=O) groups excluding carboxylic acids is 1. The highest BCUT2D eigenvalue weighted by Gasteiger charge is 2.46. The van der Waals surface area contributed by atoms with Crippen molar-refractivity contribution in [1.82, 2.24) is 14.9 Å². The second kappa shape index (κ2) is 11.2. The Kier molecular flexibility index (Phi) is 7.49. The lowest BCUT2D eigenvalue weighted by Crippen LogP contribution is -2.44. The van der Waals surface area contributed by atoms with Gasteiger partial charge in [-0.05, 0) is 123 Å². The first-order valence-corrected chi connectivity index (χ1v) is 14.3. The molecule has 1 unspecified atom stereocenters. The first-order chi connectivity index (χ1) is 19.8. The number of rotatable bonds is 1. The second-order valence-electron chi connectivity index (χ2n) is 11.3. The Morgan fingerprint density at radius 3 is 2.20 bits per heavy atom. The molecule has 3 aliphatic rings. The monoisotopic (exact) mass is 553 g/mol. The molecule has 4 aromatic rings. The third-order valence-corrected chi connectivity index (χ3v) is 8.79. The first-order valence-electron chi connectivity index (χ1n) is 14.3. The van der Waals surface area contributed by atoms with Crippen molar-refractivity contribution in [3.63, 3.8) is 0 Å². The van der Waals surface area contributed by atoms with Gasteiger partial charge in [0.1, 0.15) is 22.9 Å². The molecular weight excluding hydrogens is 520 g/mol. The van der Waals surface area contributed by atoms with Crippen molar-refractivity contribution in [2.24, 2.45) is 5.92 Å². The van der Waals surface area contributed by atoms with E-state index in [2.05, 4.69) is 21.9 Å². The predicted molar refractivity (Wildman–Crippen MR) is 153 cm³/mol. The molecule has 0 bridgehead atoms. The number of aryl methyl sites for hydroxylation is 4. The number of likely N-dealkylation sites (tertiary alicyclic amines) is 1. The molecule has 0 radical (unpaired) electrons. The topological polar surface area (TPSA) is 66.3 Å². The van der Waals surface area contributed by atoms with Gasteiger partial charge in [0.05, 0.1) is 5.69 Å². The molecule has 1 aliphatic heterocycles. The van der Waals surface area contributed by atoms with Crippen LogP contribution in [0.1, 0.15) is 62.4 Å². The van der Waals surface area contributed by atoms with E-state index in [0.717, 1.165) is 85.1 Å². The van der Waals surface area contributed by atoms with Gasteiger partial charge in [-0.3, -0.25) is 14.8 Å². The molecule has 1 N–H and O–H groups in total. The van der Waals surface area contributed by atoms with E-state index < -0.39 is 5.60 Å². The summed E-state index contributed by atoms with van der Waals surface area (Å²) in [5.41, 5.74) is 5.10. The Morgan fingerprint density at radius 1 is 0.805 bits per heavy atom. The highest BCUT2D eigenvalue weighted by Crippen LogP contribution is 2.45. The zero-order chi connectivity index (χ0) is 28.6. The lowest BCUT2D eigenvalue weighted by molar-refractivity contribution is -0.0150. The van der Waals surface area contributed by atoms with Gasteiger partial charge in [0, 0.05) is 23.9 Å². The molecule has 3 heterocycles. The van der Waals surface area contributed by atoms with Gasteiger partial charge in [-0.2, -0.15) is 0 Å². The largest absolute Gasteiger partial charge is 0.378 e. The van der Waals surface area contributed by atoms with Gasteiger partial charge in [-0.1, -0.05) is 24.3 Å². The van der Waals surface area contributed by atoms with Gasteiger partial charge >= 0.3 is 0 Å². The minimum atomic E-state index is -1.20. The van der Waals surface area contributed by atoms with Crippen molar-refractivity contribution >= 4 is 5.78 Å². The summed E-state index contributed by atoms with van der Waals surface area (Å²) in [5.74, 6) is -0.787. The molecule has 2 aromatic heterocycles. The number of piperidine rings is 1. The zero-order valence-electron chi connectivity index (χ0n) is 23.1. The number of hydrogen-bond donors (Lipinski definition) is 1. The van der Waals surface area contributed by atoms with Gasteiger partial charge in [0.2, 0.25) is 5.78 Å². The van der Waals surface area contributed by atoms with Crippen LogP contribution in [0.2, 0.25) is 0 Å². The lowest BCUT2D eigenvalue weighted by Gasteiger charge is -2.41. The summed E-state index contributed by atoms with van der Waals surface area (Å²) in [6.45, 7) is 1.89. The highest BCUT2D eigenvalue weighted by molar-refractivity contribution is 6.10. The van der Waals surface area contributed by atoms with E-state index in [1.165, 1.54) is 24.3 Å². The Hall–Kier alpha value is -3.81. The predicted octanol–water partition coefficient (Wildman–Crippen LogP) is 5.45. The number of benzene rings is 2. The van der Waals surface area contributed by atoms with E-state index in [4.69, 9.17) is 0 Å². The first kappa shape index (κ1) is 27.4. The Bertz CT molecular complexity index is 1600. The molecule has 7 heteroatoms. The van der Waals surface area contributed by atoms with E-state index in [1.54, 1.807) is 18.5 Å². The fourth-order valence-corrected chi connectivity index (χ4v) is 6.56. The third-order valence-electron chi connectivity index (χ3n) is 8.79. The molecule has 0 spiro atoms. The van der Waals surface area contributed by atoms with Crippen molar-refractivity contribution in [2.45, 2.75) is 44.1 Å². The average Bonchev–Trinajstić information content (AvgIpc) is 3.21.